The van der Waals surface area contributed by atoms with Gasteiger partial charge < -0.3 is 15.4 Å². The maximum atomic E-state index is 13.4. The smallest absolute Gasteiger partial charge is 0.330 e. The van der Waals surface area contributed by atoms with Crippen molar-refractivity contribution in [2.45, 2.75) is 46.1 Å². The number of hydrogen-bond donors (Lipinski definition) is 2. The van der Waals surface area contributed by atoms with E-state index in [-0.39, 0.29) is 30.6 Å². The minimum atomic E-state index is -0.694. The van der Waals surface area contributed by atoms with Gasteiger partial charge in [-0.1, -0.05) is 26.7 Å². The zero-order valence-corrected chi connectivity index (χ0v) is 19.5. The van der Waals surface area contributed by atoms with Crippen molar-refractivity contribution in [1.82, 2.24) is 9.55 Å². The van der Waals surface area contributed by atoms with E-state index in [4.69, 9.17) is 10.5 Å². The molecule has 0 saturated carbocycles. The van der Waals surface area contributed by atoms with Crippen LogP contribution < -0.4 is 26.8 Å². The Morgan fingerprint density at radius 3 is 2.34 bits per heavy atom. The number of rotatable bonds is 12. The predicted molar refractivity (Wildman–Crippen MR) is 129 cm³/mol. The Morgan fingerprint density at radius 1 is 1.09 bits per heavy atom. The molecular weight excluding hydrogens is 410 g/mol. The lowest BCUT2D eigenvalue weighted by atomic mass is 10.1. The lowest BCUT2D eigenvalue weighted by Crippen LogP contribution is -2.42. The number of nitrogens with one attached hydrogen (secondary N) is 1. The molecule has 0 fully saturated rings. The number of methoxy groups -OCH3 is 1. The summed E-state index contributed by atoms with van der Waals surface area (Å²) < 4.78 is 6.45. The second-order valence-electron chi connectivity index (χ2n) is 7.77. The van der Waals surface area contributed by atoms with E-state index in [1.165, 1.54) is 16.6 Å². The molecule has 2 aromatic rings. The predicted octanol–water partition coefficient (Wildman–Crippen LogP) is 2.45. The molecule has 0 atom stereocenters. The number of amides is 1. The second kappa shape index (κ2) is 12.1. The number of nitrogen functional groups attached to an aromatic ring is 1. The Morgan fingerprint density at radius 2 is 1.75 bits per heavy atom. The summed E-state index contributed by atoms with van der Waals surface area (Å²) in [4.78, 5) is 44.0. The quantitative estimate of drug-likeness (QED) is 0.519. The van der Waals surface area contributed by atoms with E-state index in [9.17, 15) is 14.4 Å². The van der Waals surface area contributed by atoms with E-state index in [0.717, 1.165) is 31.5 Å². The largest absolute Gasteiger partial charge is 0.383 e. The number of anilines is 3. The summed E-state index contributed by atoms with van der Waals surface area (Å²) in [5.41, 5.74) is 6.34. The third-order valence-corrected chi connectivity index (χ3v) is 5.39. The maximum Gasteiger partial charge on any atom is 0.330 e. The van der Waals surface area contributed by atoms with Gasteiger partial charge in [0.05, 0.1) is 6.61 Å². The molecular formula is C23H35N5O4. The molecule has 0 radical (unpaired) electrons. The summed E-state index contributed by atoms with van der Waals surface area (Å²) in [5.74, 6) is -0.407. The van der Waals surface area contributed by atoms with Gasteiger partial charge in [-0.25, -0.2) is 4.79 Å². The molecule has 32 heavy (non-hydrogen) atoms. The molecule has 1 aromatic heterocycles. The van der Waals surface area contributed by atoms with Gasteiger partial charge in [-0.2, -0.15) is 0 Å². The van der Waals surface area contributed by atoms with Crippen LogP contribution in [0.1, 0.15) is 49.9 Å². The number of nitrogens with two attached hydrogens (primary N) is 1. The molecule has 176 valence electrons. The van der Waals surface area contributed by atoms with Gasteiger partial charge in [-0.15, -0.1) is 0 Å². The van der Waals surface area contributed by atoms with Crippen LogP contribution in [0.25, 0.3) is 0 Å². The van der Waals surface area contributed by atoms with Crippen molar-refractivity contribution < 1.29 is 9.53 Å². The zero-order chi connectivity index (χ0) is 23.7. The number of aromatic amines is 1. The summed E-state index contributed by atoms with van der Waals surface area (Å²) in [6, 6.07) is 7.23. The highest BCUT2D eigenvalue weighted by Gasteiger charge is 2.25. The SMILES string of the molecule is CCCCN(C)c1ccc(C(=O)N(CCOC)c2c(N)n(CCCC)c(=O)[nH]c2=O)cc1. The lowest BCUT2D eigenvalue weighted by Gasteiger charge is -2.25. The third kappa shape index (κ3) is 6.00. The Bertz CT molecular complexity index is 997. The fraction of sp³-hybridized carbons (Fsp3) is 0.522. The normalized spacial score (nSPS) is 10.9. The number of hydrogen-bond acceptors (Lipinski definition) is 6. The molecule has 1 aromatic carbocycles. The summed E-state index contributed by atoms with van der Waals surface area (Å²) in [5, 5.41) is 0. The van der Waals surface area contributed by atoms with E-state index in [1.807, 2.05) is 26.1 Å². The van der Waals surface area contributed by atoms with Crippen LogP contribution in [0, 0.1) is 0 Å². The Hall–Kier alpha value is -3.07. The first-order valence-corrected chi connectivity index (χ1v) is 11.1. The molecule has 1 heterocycles. The summed E-state index contributed by atoms with van der Waals surface area (Å²) in [6.07, 6.45) is 3.75. The van der Waals surface area contributed by atoms with Crippen LogP contribution in [0.15, 0.2) is 33.9 Å². The van der Waals surface area contributed by atoms with E-state index in [2.05, 4.69) is 16.8 Å². The molecule has 0 spiro atoms. The molecule has 0 aliphatic carbocycles. The van der Waals surface area contributed by atoms with Crippen molar-refractivity contribution >= 4 is 23.1 Å². The van der Waals surface area contributed by atoms with Gasteiger partial charge in [0, 0.05) is 45.0 Å². The zero-order valence-electron chi connectivity index (χ0n) is 19.5. The fourth-order valence-corrected chi connectivity index (χ4v) is 3.41. The molecule has 0 saturated heterocycles. The van der Waals surface area contributed by atoms with Crippen LogP contribution in [-0.2, 0) is 11.3 Å². The van der Waals surface area contributed by atoms with E-state index >= 15 is 0 Å². The first-order valence-electron chi connectivity index (χ1n) is 11.1. The average molecular weight is 446 g/mol. The summed E-state index contributed by atoms with van der Waals surface area (Å²) in [7, 11) is 3.52. The first kappa shape index (κ1) is 25.2. The molecule has 0 bridgehead atoms. The molecule has 0 aliphatic heterocycles. The third-order valence-electron chi connectivity index (χ3n) is 5.39. The van der Waals surface area contributed by atoms with Gasteiger partial charge in [-0.3, -0.25) is 24.0 Å². The molecule has 2 rings (SSSR count). The molecule has 1 amide bonds. The first-order chi connectivity index (χ1) is 15.3. The second-order valence-corrected chi connectivity index (χ2v) is 7.77. The fourth-order valence-electron chi connectivity index (χ4n) is 3.41. The summed E-state index contributed by atoms with van der Waals surface area (Å²) >= 11 is 0. The number of carbonyl (C=O) groups excluding carboxylic acids is 1. The Labute approximate surface area is 188 Å². The number of ether oxygens (including phenoxy) is 1. The van der Waals surface area contributed by atoms with Gasteiger partial charge >= 0.3 is 5.69 Å². The molecule has 9 nitrogen and oxygen atoms in total. The number of H-pyrrole nitrogens is 1. The number of carbonyl (C=O) groups is 1. The van der Waals surface area contributed by atoms with Gasteiger partial charge in [0.1, 0.15) is 5.82 Å². The van der Waals surface area contributed by atoms with Crippen molar-refractivity contribution in [3.63, 3.8) is 0 Å². The topological polar surface area (TPSA) is 114 Å². The van der Waals surface area contributed by atoms with Crippen LogP contribution in [-0.4, -0.2) is 49.3 Å². The number of nitrogens with zero attached hydrogens (tertiary/aromatic N) is 3. The van der Waals surface area contributed by atoms with Gasteiger partial charge in [0.15, 0.2) is 5.69 Å². The Kier molecular flexibility index (Phi) is 9.52. The van der Waals surface area contributed by atoms with E-state index < -0.39 is 11.2 Å². The maximum absolute atomic E-state index is 13.4. The van der Waals surface area contributed by atoms with Crippen molar-refractivity contribution in [2.75, 3.05) is 49.4 Å². The standard InChI is InChI=1S/C23H35N5O4/c1-5-7-13-26(3)18-11-9-17(10-12-18)22(30)27(15-16-32-4)19-20(24)28(14-8-6-2)23(31)25-21(19)29/h9-12H,5-8,13-16,24H2,1-4H3,(H,25,29,31). The number of unbranched alkanes of at least 4 members (excludes halogenated alkanes) is 2. The van der Waals surface area contributed by atoms with E-state index in [1.54, 1.807) is 12.1 Å². The van der Waals surface area contributed by atoms with Crippen LogP contribution in [0.4, 0.5) is 17.2 Å². The van der Waals surface area contributed by atoms with Crippen LogP contribution >= 0.6 is 0 Å². The minimum absolute atomic E-state index is 0.0208. The van der Waals surface area contributed by atoms with Crippen LogP contribution in [0.2, 0.25) is 0 Å². The van der Waals surface area contributed by atoms with Gasteiger partial charge in [0.25, 0.3) is 11.5 Å². The van der Waals surface area contributed by atoms with Crippen molar-refractivity contribution in [3.05, 3.63) is 50.7 Å². The monoisotopic (exact) mass is 445 g/mol. The summed E-state index contributed by atoms with van der Waals surface area (Å²) in [6.45, 7) is 5.74. The lowest BCUT2D eigenvalue weighted by molar-refractivity contribution is 0.0975. The highest BCUT2D eigenvalue weighted by Crippen LogP contribution is 2.21. The van der Waals surface area contributed by atoms with Gasteiger partial charge in [0.2, 0.25) is 0 Å². The molecule has 3 N–H and O–H groups in total. The average Bonchev–Trinajstić information content (AvgIpc) is 2.79. The van der Waals surface area contributed by atoms with Gasteiger partial charge in [-0.05, 0) is 37.1 Å². The van der Waals surface area contributed by atoms with Crippen molar-refractivity contribution in [3.8, 4) is 0 Å². The number of benzene rings is 1. The minimum Gasteiger partial charge on any atom is -0.383 e. The Balaban J connectivity index is 2.43. The van der Waals surface area contributed by atoms with Crippen LogP contribution in [0.3, 0.4) is 0 Å². The van der Waals surface area contributed by atoms with Crippen molar-refractivity contribution in [1.29, 1.82) is 0 Å². The van der Waals surface area contributed by atoms with E-state index in [0.29, 0.717) is 18.5 Å². The molecule has 0 aliphatic rings. The van der Waals surface area contributed by atoms with Crippen LogP contribution in [0.5, 0.6) is 0 Å². The highest BCUT2D eigenvalue weighted by atomic mass is 16.5. The highest BCUT2D eigenvalue weighted by molar-refractivity contribution is 6.07. The molecule has 0 unspecified atom stereocenters. The number of aromatic nitrogens is 2. The van der Waals surface area contributed by atoms with Crippen molar-refractivity contribution in [2.24, 2.45) is 0 Å². The molecule has 9 heteroatoms.